The van der Waals surface area contributed by atoms with Crippen LogP contribution in [0, 0.1) is 0 Å². The summed E-state index contributed by atoms with van der Waals surface area (Å²) in [6.45, 7) is 3.77. The summed E-state index contributed by atoms with van der Waals surface area (Å²) in [5, 5.41) is 9.52. The number of aromatic nitrogens is 2. The predicted molar refractivity (Wildman–Crippen MR) is 145 cm³/mol. The van der Waals surface area contributed by atoms with Crippen molar-refractivity contribution in [1.29, 1.82) is 0 Å². The largest absolute Gasteiger partial charge is 0.496 e. The van der Waals surface area contributed by atoms with Crippen molar-refractivity contribution in [2.75, 3.05) is 13.7 Å². The van der Waals surface area contributed by atoms with Crippen molar-refractivity contribution in [1.82, 2.24) is 19.6 Å². The Labute approximate surface area is 215 Å². The van der Waals surface area contributed by atoms with E-state index in [1.54, 1.807) is 11.8 Å². The molecule has 0 radical (unpaired) electrons. The van der Waals surface area contributed by atoms with Gasteiger partial charge in [-0.25, -0.2) is 4.79 Å². The zero-order chi connectivity index (χ0) is 24.9. The van der Waals surface area contributed by atoms with E-state index in [1.165, 1.54) is 32.8 Å². The predicted octanol–water partition coefficient (Wildman–Crippen LogP) is 5.74. The van der Waals surface area contributed by atoms with Gasteiger partial charge in [-0.15, -0.1) is 0 Å². The first-order valence-electron chi connectivity index (χ1n) is 12.8. The topological polar surface area (TPSA) is 50.6 Å². The van der Waals surface area contributed by atoms with E-state index in [1.807, 2.05) is 4.90 Å². The summed E-state index contributed by atoms with van der Waals surface area (Å²) < 4.78 is 7.24. The van der Waals surface area contributed by atoms with Gasteiger partial charge in [-0.3, -0.25) is 4.90 Å². The highest BCUT2D eigenvalue weighted by Crippen LogP contribution is 2.33. The molecule has 1 aromatic heterocycles. The second kappa shape index (κ2) is 8.75. The summed E-state index contributed by atoms with van der Waals surface area (Å²) in [5.74, 6) is 0.902. The van der Waals surface area contributed by atoms with E-state index in [9.17, 15) is 4.79 Å². The number of rotatable bonds is 5. The molecule has 37 heavy (non-hydrogen) atoms. The zero-order valence-electron chi connectivity index (χ0n) is 20.9. The molecule has 2 aliphatic heterocycles. The molecular formula is C31H28N4O2. The molecule has 3 heterocycles. The molecule has 0 bridgehead atoms. The fourth-order valence-corrected chi connectivity index (χ4v) is 5.97. The van der Waals surface area contributed by atoms with Crippen molar-refractivity contribution < 1.29 is 9.53 Å². The van der Waals surface area contributed by atoms with Crippen LogP contribution < -0.4 is 4.74 Å². The van der Waals surface area contributed by atoms with Gasteiger partial charge in [0.05, 0.1) is 25.0 Å². The maximum atomic E-state index is 13.3. The highest BCUT2D eigenvalue weighted by Gasteiger charge is 2.35. The Morgan fingerprint density at radius 1 is 0.811 bits per heavy atom. The Balaban J connectivity index is 1.14. The quantitative estimate of drug-likeness (QED) is 0.317. The van der Waals surface area contributed by atoms with E-state index in [-0.39, 0.29) is 6.03 Å². The van der Waals surface area contributed by atoms with Crippen LogP contribution in [0.5, 0.6) is 5.75 Å². The third-order valence-corrected chi connectivity index (χ3v) is 7.84. The molecule has 0 saturated heterocycles. The van der Waals surface area contributed by atoms with E-state index in [4.69, 9.17) is 9.84 Å². The Kier molecular flexibility index (Phi) is 5.22. The number of nitrogens with zero attached hydrogens (tertiary/aromatic N) is 4. The van der Waals surface area contributed by atoms with Crippen molar-refractivity contribution in [3.63, 3.8) is 0 Å². The summed E-state index contributed by atoms with van der Waals surface area (Å²) in [4.78, 5) is 17.7. The van der Waals surface area contributed by atoms with Crippen molar-refractivity contribution in [3.05, 3.63) is 107 Å². The number of ether oxygens (including phenoxy) is 1. The Morgan fingerprint density at radius 3 is 2.43 bits per heavy atom. The molecule has 0 N–H and O–H groups in total. The number of hydrogen-bond acceptors (Lipinski definition) is 4. The lowest BCUT2D eigenvalue weighted by atomic mass is 10.0. The second-order valence-corrected chi connectivity index (χ2v) is 9.99. The molecule has 0 aliphatic carbocycles. The number of hydrogen-bond donors (Lipinski definition) is 0. The first kappa shape index (κ1) is 22.1. The van der Waals surface area contributed by atoms with E-state index in [2.05, 4.69) is 83.8 Å². The summed E-state index contributed by atoms with van der Waals surface area (Å²) >= 11 is 0. The van der Waals surface area contributed by atoms with Crippen LogP contribution in [-0.2, 0) is 32.6 Å². The van der Waals surface area contributed by atoms with Gasteiger partial charge in [0.2, 0.25) is 0 Å². The van der Waals surface area contributed by atoms with Crippen LogP contribution in [0.4, 0.5) is 4.79 Å². The number of benzene rings is 4. The average Bonchev–Trinajstić information content (AvgIpc) is 3.44. The van der Waals surface area contributed by atoms with Crippen LogP contribution in [0.1, 0.15) is 28.1 Å². The van der Waals surface area contributed by atoms with E-state index in [0.29, 0.717) is 13.1 Å². The molecule has 0 unspecified atom stereocenters. The fourth-order valence-electron chi connectivity index (χ4n) is 5.97. The van der Waals surface area contributed by atoms with Gasteiger partial charge in [0.25, 0.3) is 0 Å². The lowest BCUT2D eigenvalue weighted by Gasteiger charge is -2.27. The van der Waals surface area contributed by atoms with Crippen LogP contribution in [0.15, 0.2) is 78.9 Å². The molecular weight excluding hydrogens is 460 g/mol. The Hall–Kier alpha value is -4.16. The molecule has 4 aromatic carbocycles. The first-order valence-corrected chi connectivity index (χ1v) is 12.8. The van der Waals surface area contributed by atoms with Crippen molar-refractivity contribution in [2.45, 2.75) is 32.6 Å². The van der Waals surface area contributed by atoms with Gasteiger partial charge >= 0.3 is 6.03 Å². The monoisotopic (exact) mass is 488 g/mol. The first-order chi connectivity index (χ1) is 18.2. The number of carbonyl (C=O) groups is 1. The van der Waals surface area contributed by atoms with E-state index < -0.39 is 0 Å². The minimum atomic E-state index is -0.0231. The molecule has 0 spiro atoms. The van der Waals surface area contributed by atoms with Crippen molar-refractivity contribution in [3.8, 4) is 5.75 Å². The lowest BCUT2D eigenvalue weighted by molar-refractivity contribution is 0.203. The Morgan fingerprint density at radius 2 is 1.57 bits per heavy atom. The lowest BCUT2D eigenvalue weighted by Crippen LogP contribution is -2.31. The van der Waals surface area contributed by atoms with Gasteiger partial charge in [-0.1, -0.05) is 72.8 Å². The zero-order valence-corrected chi connectivity index (χ0v) is 20.9. The molecule has 184 valence electrons. The van der Waals surface area contributed by atoms with E-state index >= 15 is 0 Å². The molecule has 6 heteroatoms. The number of carbonyl (C=O) groups excluding carboxylic acids is 1. The van der Waals surface area contributed by atoms with Gasteiger partial charge in [0.15, 0.2) is 0 Å². The molecule has 7 rings (SSSR count). The van der Waals surface area contributed by atoms with Gasteiger partial charge in [-0.05, 0) is 33.4 Å². The summed E-state index contributed by atoms with van der Waals surface area (Å²) in [6, 6.07) is 27.3. The third-order valence-electron chi connectivity index (χ3n) is 7.84. The van der Waals surface area contributed by atoms with E-state index in [0.717, 1.165) is 48.6 Å². The van der Waals surface area contributed by atoms with Gasteiger partial charge in [-0.2, -0.15) is 9.78 Å². The molecule has 6 nitrogen and oxygen atoms in total. The summed E-state index contributed by atoms with van der Waals surface area (Å²) in [7, 11) is 1.72. The maximum Gasteiger partial charge on any atom is 0.345 e. The van der Waals surface area contributed by atoms with Gasteiger partial charge in [0.1, 0.15) is 5.75 Å². The van der Waals surface area contributed by atoms with Crippen LogP contribution in [-0.4, -0.2) is 39.3 Å². The van der Waals surface area contributed by atoms with Crippen LogP contribution >= 0.6 is 0 Å². The number of methoxy groups -OCH3 is 1. The SMILES string of the molecule is COc1ccc(CN2CCc3nn4c(c3C2)CN(Cc2cccc3ccccc23)C4=O)c2ccccc12. The molecule has 5 aromatic rings. The highest BCUT2D eigenvalue weighted by molar-refractivity contribution is 5.91. The third kappa shape index (κ3) is 3.67. The molecule has 0 atom stereocenters. The maximum absolute atomic E-state index is 13.3. The average molecular weight is 489 g/mol. The highest BCUT2D eigenvalue weighted by atomic mass is 16.5. The van der Waals surface area contributed by atoms with Crippen LogP contribution in [0.2, 0.25) is 0 Å². The standard InChI is InChI=1S/C31H28N4O2/c1-37-30-14-13-23(25-11-4-5-12-26(25)30)17-33-16-15-28-27(19-33)29-20-34(31(36)35(29)32-28)18-22-9-6-8-21-7-2-3-10-24(21)22/h2-14H,15-20H2,1H3. The number of amides is 1. The Bertz CT molecular complexity index is 1670. The molecule has 0 saturated carbocycles. The number of fused-ring (bicyclic) bond motifs is 5. The van der Waals surface area contributed by atoms with Crippen molar-refractivity contribution >= 4 is 27.6 Å². The van der Waals surface area contributed by atoms with Gasteiger partial charge < -0.3 is 9.64 Å². The minimum Gasteiger partial charge on any atom is -0.496 e. The summed E-state index contributed by atoms with van der Waals surface area (Å²) in [5.41, 5.74) is 5.79. The molecule has 1 amide bonds. The fraction of sp³-hybridized carbons (Fsp3) is 0.226. The van der Waals surface area contributed by atoms with Crippen LogP contribution in [0.3, 0.4) is 0 Å². The minimum absolute atomic E-state index is 0.0231. The van der Waals surface area contributed by atoms with Crippen molar-refractivity contribution in [2.24, 2.45) is 0 Å². The normalized spacial score (nSPS) is 15.4. The van der Waals surface area contributed by atoms with Crippen LogP contribution in [0.25, 0.3) is 21.5 Å². The molecule has 2 aliphatic rings. The van der Waals surface area contributed by atoms with Gasteiger partial charge in [0, 0.05) is 43.5 Å². The summed E-state index contributed by atoms with van der Waals surface area (Å²) in [6.07, 6.45) is 0.861. The smallest absolute Gasteiger partial charge is 0.345 e. The second-order valence-electron chi connectivity index (χ2n) is 9.99. The molecule has 0 fully saturated rings.